The molecule has 1 unspecified atom stereocenters. The zero-order valence-electron chi connectivity index (χ0n) is 16.2. The minimum absolute atomic E-state index is 0.231. The quantitative estimate of drug-likeness (QED) is 0.436. The maximum atomic E-state index is 13.2. The third kappa shape index (κ3) is 4.36. The predicted octanol–water partition coefficient (Wildman–Crippen LogP) is 2.77. The van der Waals surface area contributed by atoms with Gasteiger partial charge in [-0.3, -0.25) is 14.5 Å². The third-order valence-electron chi connectivity index (χ3n) is 4.43. The number of nitrogens with zero attached hydrogens (tertiary/aromatic N) is 2. The number of esters is 1. The van der Waals surface area contributed by atoms with E-state index in [2.05, 4.69) is 0 Å². The molecule has 1 aliphatic rings. The first-order valence-electron chi connectivity index (χ1n) is 9.22. The van der Waals surface area contributed by atoms with Crippen molar-refractivity contribution in [1.82, 2.24) is 0 Å². The van der Waals surface area contributed by atoms with Crippen molar-refractivity contribution in [3.63, 3.8) is 0 Å². The molecule has 0 spiro atoms. The van der Waals surface area contributed by atoms with Crippen LogP contribution in [-0.2, 0) is 20.7 Å². The number of benzene rings is 2. The summed E-state index contributed by atoms with van der Waals surface area (Å²) in [5, 5.41) is 9.09. The molecule has 7 nitrogen and oxygen atoms in total. The topological polar surface area (TPSA) is 113 Å². The van der Waals surface area contributed by atoms with Crippen molar-refractivity contribution in [2.24, 2.45) is 5.73 Å². The second-order valence-electron chi connectivity index (χ2n) is 6.39. The van der Waals surface area contributed by atoms with Crippen LogP contribution in [0.1, 0.15) is 22.8 Å². The van der Waals surface area contributed by atoms with Gasteiger partial charge in [0.15, 0.2) is 0 Å². The summed E-state index contributed by atoms with van der Waals surface area (Å²) in [6, 6.07) is 17.4. The second kappa shape index (κ2) is 9.29. The lowest BCUT2D eigenvalue weighted by Crippen LogP contribution is -2.31. The van der Waals surface area contributed by atoms with Gasteiger partial charge in [-0.2, -0.15) is 5.26 Å². The molecule has 30 heavy (non-hydrogen) atoms. The van der Waals surface area contributed by atoms with Crippen LogP contribution in [-0.4, -0.2) is 29.6 Å². The molecule has 8 heteroatoms. The molecule has 2 aromatic rings. The second-order valence-corrected chi connectivity index (χ2v) is 7.58. The van der Waals surface area contributed by atoms with Crippen molar-refractivity contribution in [2.45, 2.75) is 18.6 Å². The Balaban J connectivity index is 1.90. The first-order valence-corrected chi connectivity index (χ1v) is 10.1. The largest absolute Gasteiger partial charge is 0.462 e. The lowest BCUT2D eigenvalue weighted by molar-refractivity contribution is -0.117. The number of nitriles is 1. The Morgan fingerprint density at radius 3 is 2.40 bits per heavy atom. The summed E-state index contributed by atoms with van der Waals surface area (Å²) in [6.45, 7) is 2.03. The van der Waals surface area contributed by atoms with Crippen molar-refractivity contribution < 1.29 is 19.1 Å². The number of primary amides is 1. The summed E-state index contributed by atoms with van der Waals surface area (Å²) in [5.41, 5.74) is 6.93. The van der Waals surface area contributed by atoms with Gasteiger partial charge in [0.05, 0.1) is 17.4 Å². The average molecular weight is 421 g/mol. The van der Waals surface area contributed by atoms with E-state index in [-0.39, 0.29) is 16.5 Å². The molecule has 0 aliphatic carbocycles. The summed E-state index contributed by atoms with van der Waals surface area (Å²) in [6.07, 6.45) is 0.358. The van der Waals surface area contributed by atoms with Gasteiger partial charge in [-0.05, 0) is 43.2 Å². The number of para-hydroxylation sites is 1. The normalized spacial score (nSPS) is 17.4. The highest BCUT2D eigenvalue weighted by Gasteiger charge is 2.40. The molecule has 152 valence electrons. The van der Waals surface area contributed by atoms with Gasteiger partial charge in [0.2, 0.25) is 5.91 Å². The van der Waals surface area contributed by atoms with Crippen LogP contribution in [0.4, 0.5) is 5.69 Å². The van der Waals surface area contributed by atoms with E-state index < -0.39 is 17.1 Å². The molecule has 2 aromatic carbocycles. The van der Waals surface area contributed by atoms with Crippen molar-refractivity contribution >= 4 is 35.2 Å². The SMILES string of the molecule is CCOC(=O)c1ccc(CC2SC(=C(C#N)C(N)=O)N(c3ccccc3)C2=O)cc1. The highest BCUT2D eigenvalue weighted by molar-refractivity contribution is 8.05. The molecule has 0 aromatic heterocycles. The smallest absolute Gasteiger partial charge is 0.338 e. The minimum Gasteiger partial charge on any atom is -0.462 e. The summed E-state index contributed by atoms with van der Waals surface area (Å²) in [7, 11) is 0. The fourth-order valence-electron chi connectivity index (χ4n) is 3.02. The molecule has 3 rings (SSSR count). The molecule has 2 amide bonds. The predicted molar refractivity (Wildman–Crippen MR) is 113 cm³/mol. The standard InChI is InChI=1S/C22H19N3O4S/c1-2-29-22(28)15-10-8-14(9-11-15)12-18-20(27)25(16-6-4-3-5-7-16)21(30-18)17(13-23)19(24)26/h3-11,18H,2,12H2,1H3,(H2,24,26). The molecule has 0 saturated carbocycles. The molecule has 0 radical (unpaired) electrons. The number of thioether (sulfide) groups is 1. The maximum Gasteiger partial charge on any atom is 0.338 e. The maximum absolute atomic E-state index is 13.2. The van der Waals surface area contributed by atoms with E-state index in [0.717, 1.165) is 17.3 Å². The van der Waals surface area contributed by atoms with Crippen molar-refractivity contribution in [1.29, 1.82) is 5.26 Å². The minimum atomic E-state index is -0.881. The Kier molecular flexibility index (Phi) is 6.54. The van der Waals surface area contributed by atoms with Gasteiger partial charge in [0.25, 0.3) is 5.91 Å². The summed E-state index contributed by atoms with van der Waals surface area (Å²) in [5.74, 6) is -1.53. The van der Waals surface area contributed by atoms with Crippen LogP contribution in [0.25, 0.3) is 0 Å². The number of hydrogen-bond acceptors (Lipinski definition) is 6. The molecular formula is C22H19N3O4S. The molecule has 0 bridgehead atoms. The number of hydrogen-bond donors (Lipinski definition) is 1. The molecule has 1 saturated heterocycles. The lowest BCUT2D eigenvalue weighted by Gasteiger charge is -2.18. The van der Waals surface area contributed by atoms with Gasteiger partial charge >= 0.3 is 5.97 Å². The summed E-state index contributed by atoms with van der Waals surface area (Å²) in [4.78, 5) is 38.1. The van der Waals surface area contributed by atoms with Crippen LogP contribution in [0.5, 0.6) is 0 Å². The van der Waals surface area contributed by atoms with Gasteiger partial charge in [-0.1, -0.05) is 42.1 Å². The van der Waals surface area contributed by atoms with Crippen LogP contribution in [0.3, 0.4) is 0 Å². The monoisotopic (exact) mass is 421 g/mol. The van der Waals surface area contributed by atoms with Crippen molar-refractivity contribution in [3.8, 4) is 6.07 Å². The van der Waals surface area contributed by atoms with Crippen LogP contribution < -0.4 is 10.6 Å². The number of carbonyl (C=O) groups is 3. The zero-order valence-corrected chi connectivity index (χ0v) is 17.0. The Morgan fingerprint density at radius 2 is 1.83 bits per heavy atom. The van der Waals surface area contributed by atoms with Crippen molar-refractivity contribution in [2.75, 3.05) is 11.5 Å². The number of anilines is 1. The Bertz CT molecular complexity index is 1040. The molecular weight excluding hydrogens is 402 g/mol. The van der Waals surface area contributed by atoms with Crippen LogP contribution in [0.2, 0.25) is 0 Å². The molecule has 1 atom stereocenters. The van der Waals surface area contributed by atoms with Crippen LogP contribution in [0.15, 0.2) is 65.2 Å². The fourth-order valence-corrected chi connectivity index (χ4v) is 4.33. The van der Waals surface area contributed by atoms with E-state index >= 15 is 0 Å². The first kappa shape index (κ1) is 21.1. The van der Waals surface area contributed by atoms with E-state index in [9.17, 15) is 19.6 Å². The van der Waals surface area contributed by atoms with E-state index in [4.69, 9.17) is 10.5 Å². The highest BCUT2D eigenvalue weighted by Crippen LogP contribution is 2.41. The molecule has 1 aliphatic heterocycles. The van der Waals surface area contributed by atoms with Crippen molar-refractivity contribution in [3.05, 3.63) is 76.3 Å². The Hall–Kier alpha value is -3.57. The number of carbonyl (C=O) groups excluding carboxylic acids is 3. The van der Waals surface area contributed by atoms with Crippen LogP contribution >= 0.6 is 11.8 Å². The van der Waals surface area contributed by atoms with Crippen LogP contribution in [0, 0.1) is 11.3 Å². The van der Waals surface area contributed by atoms with Gasteiger partial charge < -0.3 is 10.5 Å². The van der Waals surface area contributed by atoms with Gasteiger partial charge in [0, 0.05) is 5.69 Å². The van der Waals surface area contributed by atoms with E-state index in [1.165, 1.54) is 4.90 Å². The molecule has 1 heterocycles. The molecule has 2 N–H and O–H groups in total. The first-order chi connectivity index (χ1) is 14.5. The third-order valence-corrected chi connectivity index (χ3v) is 5.69. The average Bonchev–Trinajstić information content (AvgIpc) is 3.05. The van der Waals surface area contributed by atoms with Gasteiger partial charge in [0.1, 0.15) is 16.7 Å². The highest BCUT2D eigenvalue weighted by atomic mass is 32.2. The zero-order chi connectivity index (χ0) is 21.7. The van der Waals surface area contributed by atoms with E-state index in [1.54, 1.807) is 55.5 Å². The van der Waals surface area contributed by atoms with Gasteiger partial charge in [-0.25, -0.2) is 4.79 Å². The number of rotatable bonds is 6. The Labute approximate surface area is 178 Å². The summed E-state index contributed by atoms with van der Waals surface area (Å²) < 4.78 is 4.97. The van der Waals surface area contributed by atoms with E-state index in [1.807, 2.05) is 12.1 Å². The number of ether oxygens (including phenoxy) is 1. The fraction of sp³-hybridized carbons (Fsp3) is 0.182. The number of amides is 2. The number of nitrogens with two attached hydrogens (primary N) is 1. The van der Waals surface area contributed by atoms with E-state index in [0.29, 0.717) is 24.3 Å². The molecule has 1 fully saturated rings. The Morgan fingerprint density at radius 1 is 1.17 bits per heavy atom. The summed E-state index contributed by atoms with van der Waals surface area (Å²) >= 11 is 1.14. The van der Waals surface area contributed by atoms with Gasteiger partial charge in [-0.15, -0.1) is 0 Å². The lowest BCUT2D eigenvalue weighted by atomic mass is 10.1.